The Hall–Kier alpha value is -1.13. The summed E-state index contributed by atoms with van der Waals surface area (Å²) in [4.78, 5) is 11.6. The summed E-state index contributed by atoms with van der Waals surface area (Å²) >= 11 is 0. The fourth-order valence-electron chi connectivity index (χ4n) is 1.45. The predicted molar refractivity (Wildman–Crippen MR) is 64.8 cm³/mol. The van der Waals surface area contributed by atoms with Crippen molar-refractivity contribution in [2.45, 2.75) is 20.4 Å². The largest absolute Gasteiger partial charge is 0.380 e. The highest BCUT2D eigenvalue weighted by Gasteiger charge is 1.97. The van der Waals surface area contributed by atoms with Crippen LogP contribution >= 0.6 is 0 Å². The summed E-state index contributed by atoms with van der Waals surface area (Å²) in [7, 11) is 0. The zero-order valence-electron chi connectivity index (χ0n) is 10.0. The van der Waals surface area contributed by atoms with E-state index in [0.29, 0.717) is 6.54 Å². The lowest BCUT2D eigenvalue weighted by Gasteiger charge is -2.07. The van der Waals surface area contributed by atoms with Gasteiger partial charge in [0.25, 0.3) is 5.56 Å². The van der Waals surface area contributed by atoms with E-state index in [4.69, 9.17) is 4.74 Å². The van der Waals surface area contributed by atoms with Crippen molar-refractivity contribution in [2.75, 3.05) is 26.3 Å². The van der Waals surface area contributed by atoms with Crippen LogP contribution in [0.15, 0.2) is 23.1 Å². The molecule has 0 saturated carbocycles. The van der Waals surface area contributed by atoms with Gasteiger partial charge in [0.1, 0.15) is 0 Å². The van der Waals surface area contributed by atoms with Gasteiger partial charge >= 0.3 is 0 Å². The van der Waals surface area contributed by atoms with Crippen LogP contribution < -0.4 is 10.9 Å². The van der Waals surface area contributed by atoms with E-state index in [9.17, 15) is 4.79 Å². The second-order valence-electron chi connectivity index (χ2n) is 3.64. The van der Waals surface area contributed by atoms with Gasteiger partial charge in [0.15, 0.2) is 0 Å². The molecule has 0 spiro atoms. The number of aromatic nitrogens is 1. The molecule has 0 aliphatic carbocycles. The first-order chi connectivity index (χ1) is 7.75. The van der Waals surface area contributed by atoms with E-state index in [0.717, 1.165) is 31.9 Å². The zero-order chi connectivity index (χ0) is 11.8. The van der Waals surface area contributed by atoms with E-state index >= 15 is 0 Å². The Labute approximate surface area is 96.2 Å². The molecule has 1 rings (SSSR count). The molecular weight excluding hydrogens is 204 g/mol. The Morgan fingerprint density at radius 3 is 3.00 bits per heavy atom. The number of ether oxygens (including phenoxy) is 1. The van der Waals surface area contributed by atoms with Crippen LogP contribution in [-0.2, 0) is 11.3 Å². The number of pyridine rings is 1. The van der Waals surface area contributed by atoms with E-state index in [1.54, 1.807) is 4.57 Å². The summed E-state index contributed by atoms with van der Waals surface area (Å²) in [6.45, 7) is 7.60. The van der Waals surface area contributed by atoms with E-state index in [1.807, 2.05) is 32.2 Å². The fraction of sp³-hybridized carbons (Fsp3) is 0.583. The standard InChI is InChI=1S/C12H20N2O2/c1-3-16-10-7-13-6-9-14-8-4-5-11(2)12(14)15/h4-5,8,13H,3,6-7,9-10H2,1-2H3. The molecule has 0 unspecified atom stereocenters. The van der Waals surface area contributed by atoms with E-state index in [-0.39, 0.29) is 5.56 Å². The molecule has 0 bridgehead atoms. The van der Waals surface area contributed by atoms with Crippen LogP contribution in [0.2, 0.25) is 0 Å². The van der Waals surface area contributed by atoms with Gasteiger partial charge < -0.3 is 14.6 Å². The van der Waals surface area contributed by atoms with Gasteiger partial charge in [0.05, 0.1) is 6.61 Å². The number of rotatable bonds is 7. The first-order valence-corrected chi connectivity index (χ1v) is 5.70. The molecule has 0 atom stereocenters. The number of aryl methyl sites for hydroxylation is 1. The molecule has 16 heavy (non-hydrogen) atoms. The van der Waals surface area contributed by atoms with Crippen molar-refractivity contribution in [3.63, 3.8) is 0 Å². The normalized spacial score (nSPS) is 10.6. The lowest BCUT2D eigenvalue weighted by Crippen LogP contribution is -2.29. The summed E-state index contributed by atoms with van der Waals surface area (Å²) in [6.07, 6.45) is 1.82. The molecule has 0 fully saturated rings. The fourth-order valence-corrected chi connectivity index (χ4v) is 1.45. The highest BCUT2D eigenvalue weighted by molar-refractivity contribution is 5.07. The molecule has 0 aromatic carbocycles. The summed E-state index contributed by atoms with van der Waals surface area (Å²) in [6, 6.07) is 3.73. The van der Waals surface area contributed by atoms with Gasteiger partial charge in [-0.1, -0.05) is 6.07 Å². The van der Waals surface area contributed by atoms with Gasteiger partial charge in [0, 0.05) is 38.0 Å². The molecule has 0 saturated heterocycles. The zero-order valence-corrected chi connectivity index (χ0v) is 10.0. The van der Waals surface area contributed by atoms with Crippen LogP contribution in [0.3, 0.4) is 0 Å². The van der Waals surface area contributed by atoms with Crippen molar-refractivity contribution >= 4 is 0 Å². The number of hydrogen-bond donors (Lipinski definition) is 1. The lowest BCUT2D eigenvalue weighted by molar-refractivity contribution is 0.149. The van der Waals surface area contributed by atoms with Crippen molar-refractivity contribution < 1.29 is 4.74 Å². The third-order valence-electron chi connectivity index (χ3n) is 2.37. The predicted octanol–water partition coefficient (Wildman–Crippen LogP) is 0.783. The third-order valence-corrected chi connectivity index (χ3v) is 2.37. The maximum absolute atomic E-state index is 11.6. The van der Waals surface area contributed by atoms with Crippen molar-refractivity contribution in [1.29, 1.82) is 0 Å². The molecule has 1 aromatic heterocycles. The summed E-state index contributed by atoms with van der Waals surface area (Å²) in [5, 5.41) is 3.23. The minimum absolute atomic E-state index is 0.0918. The third kappa shape index (κ3) is 4.16. The maximum Gasteiger partial charge on any atom is 0.253 e. The second-order valence-corrected chi connectivity index (χ2v) is 3.64. The summed E-state index contributed by atoms with van der Waals surface area (Å²) in [5.74, 6) is 0. The molecule has 0 aliphatic rings. The average Bonchev–Trinajstić information content (AvgIpc) is 2.29. The van der Waals surface area contributed by atoms with Crippen LogP contribution in [-0.4, -0.2) is 30.9 Å². The highest BCUT2D eigenvalue weighted by Crippen LogP contribution is 1.88. The molecule has 4 heteroatoms. The number of hydrogen-bond acceptors (Lipinski definition) is 3. The topological polar surface area (TPSA) is 43.3 Å². The SMILES string of the molecule is CCOCCNCCn1cccc(C)c1=O. The monoisotopic (exact) mass is 224 g/mol. The van der Waals surface area contributed by atoms with Gasteiger partial charge in [-0.2, -0.15) is 0 Å². The second kappa shape index (κ2) is 7.19. The average molecular weight is 224 g/mol. The molecule has 1 aromatic rings. The lowest BCUT2D eigenvalue weighted by atomic mass is 10.3. The van der Waals surface area contributed by atoms with Crippen LogP contribution in [0.1, 0.15) is 12.5 Å². The van der Waals surface area contributed by atoms with Crippen LogP contribution in [0.5, 0.6) is 0 Å². The first kappa shape index (κ1) is 12.9. The highest BCUT2D eigenvalue weighted by atomic mass is 16.5. The van der Waals surface area contributed by atoms with Crippen LogP contribution in [0.25, 0.3) is 0 Å². The van der Waals surface area contributed by atoms with Crippen molar-refractivity contribution in [3.05, 3.63) is 34.2 Å². The molecule has 0 aliphatic heterocycles. The number of nitrogens with zero attached hydrogens (tertiary/aromatic N) is 1. The smallest absolute Gasteiger partial charge is 0.253 e. The summed E-state index contributed by atoms with van der Waals surface area (Å²) < 4.78 is 6.92. The van der Waals surface area contributed by atoms with Crippen molar-refractivity contribution in [2.24, 2.45) is 0 Å². The van der Waals surface area contributed by atoms with Crippen molar-refractivity contribution in [3.8, 4) is 0 Å². The minimum atomic E-state index is 0.0918. The molecule has 0 radical (unpaired) electrons. The minimum Gasteiger partial charge on any atom is -0.380 e. The van der Waals surface area contributed by atoms with Gasteiger partial charge in [-0.05, 0) is 19.9 Å². The number of nitrogens with one attached hydrogen (secondary N) is 1. The molecule has 0 amide bonds. The van der Waals surface area contributed by atoms with Gasteiger partial charge in [-0.3, -0.25) is 4.79 Å². The molecule has 4 nitrogen and oxygen atoms in total. The molecule has 1 N–H and O–H groups in total. The van der Waals surface area contributed by atoms with E-state index < -0.39 is 0 Å². The van der Waals surface area contributed by atoms with Crippen LogP contribution in [0, 0.1) is 6.92 Å². The Morgan fingerprint density at radius 1 is 1.44 bits per heavy atom. The molecule has 1 heterocycles. The molecule has 90 valence electrons. The Bertz CT molecular complexity index is 360. The van der Waals surface area contributed by atoms with E-state index in [1.165, 1.54) is 0 Å². The van der Waals surface area contributed by atoms with E-state index in [2.05, 4.69) is 5.32 Å². The Balaban J connectivity index is 2.27. The molecular formula is C12H20N2O2. The van der Waals surface area contributed by atoms with Crippen molar-refractivity contribution in [1.82, 2.24) is 9.88 Å². The Kier molecular flexibility index (Phi) is 5.82. The van der Waals surface area contributed by atoms with Gasteiger partial charge in [-0.25, -0.2) is 0 Å². The van der Waals surface area contributed by atoms with Gasteiger partial charge in [-0.15, -0.1) is 0 Å². The van der Waals surface area contributed by atoms with Gasteiger partial charge in [0.2, 0.25) is 0 Å². The maximum atomic E-state index is 11.6. The Morgan fingerprint density at radius 2 is 2.25 bits per heavy atom. The first-order valence-electron chi connectivity index (χ1n) is 5.70. The van der Waals surface area contributed by atoms with Crippen LogP contribution in [0.4, 0.5) is 0 Å². The quantitative estimate of drug-likeness (QED) is 0.696. The summed E-state index contributed by atoms with van der Waals surface area (Å²) in [5.41, 5.74) is 0.880.